The van der Waals surface area contributed by atoms with Gasteiger partial charge in [0.25, 0.3) is 8.32 Å². The molecular formula is C25H35IO2Si. The third-order valence-corrected chi connectivity index (χ3v) is 12.3. The molecular weight excluding hydrogens is 487 g/mol. The molecule has 0 spiro atoms. The number of halogens is 1. The van der Waals surface area contributed by atoms with Crippen molar-refractivity contribution in [2.24, 2.45) is 5.92 Å². The minimum absolute atomic E-state index is 0.0273. The fourth-order valence-corrected chi connectivity index (χ4v) is 9.87. The zero-order valence-corrected chi connectivity index (χ0v) is 21.4. The minimum Gasteiger partial charge on any atom is -0.407 e. The lowest BCUT2D eigenvalue weighted by Crippen LogP contribution is -2.66. The van der Waals surface area contributed by atoms with E-state index in [-0.39, 0.29) is 5.04 Å². The van der Waals surface area contributed by atoms with Crippen LogP contribution in [0.3, 0.4) is 0 Å². The van der Waals surface area contributed by atoms with Gasteiger partial charge in [-0.3, -0.25) is 0 Å². The molecule has 0 amide bonds. The first kappa shape index (κ1) is 23.0. The first-order valence-corrected chi connectivity index (χ1v) is 14.3. The summed E-state index contributed by atoms with van der Waals surface area (Å²) in [7, 11) is -2.44. The largest absolute Gasteiger partial charge is 0.407 e. The van der Waals surface area contributed by atoms with E-state index in [4.69, 9.17) is 9.16 Å². The van der Waals surface area contributed by atoms with E-state index in [1.807, 2.05) is 0 Å². The van der Waals surface area contributed by atoms with Crippen LogP contribution in [0.15, 0.2) is 60.7 Å². The molecule has 0 N–H and O–H groups in total. The first-order valence-electron chi connectivity index (χ1n) is 10.8. The smallest absolute Gasteiger partial charge is 0.261 e. The van der Waals surface area contributed by atoms with Crippen molar-refractivity contribution in [2.75, 3.05) is 11.0 Å². The summed E-state index contributed by atoms with van der Waals surface area (Å²) in [6.45, 7) is 10.1. The summed E-state index contributed by atoms with van der Waals surface area (Å²) in [5, 5.41) is 2.72. The van der Waals surface area contributed by atoms with Crippen LogP contribution in [-0.2, 0) is 9.16 Å². The Kier molecular flexibility index (Phi) is 7.98. The zero-order valence-electron chi connectivity index (χ0n) is 18.2. The lowest BCUT2D eigenvalue weighted by atomic mass is 9.92. The van der Waals surface area contributed by atoms with Crippen LogP contribution in [0, 0.1) is 5.92 Å². The van der Waals surface area contributed by atoms with Crippen LogP contribution in [0.4, 0.5) is 0 Å². The van der Waals surface area contributed by atoms with Gasteiger partial charge >= 0.3 is 0 Å². The molecule has 4 heteroatoms. The van der Waals surface area contributed by atoms with Gasteiger partial charge < -0.3 is 9.16 Å². The van der Waals surface area contributed by atoms with Crippen molar-refractivity contribution in [3.63, 3.8) is 0 Å². The van der Waals surface area contributed by atoms with Crippen molar-refractivity contribution in [1.82, 2.24) is 0 Å². The van der Waals surface area contributed by atoms with E-state index in [9.17, 15) is 0 Å². The zero-order chi connectivity index (χ0) is 20.9. The van der Waals surface area contributed by atoms with Gasteiger partial charge in [-0.2, -0.15) is 0 Å². The fraction of sp³-hybridized carbons (Fsp3) is 0.520. The van der Waals surface area contributed by atoms with Crippen molar-refractivity contribution >= 4 is 41.3 Å². The molecule has 1 aliphatic rings. The Morgan fingerprint density at radius 3 is 2.00 bits per heavy atom. The molecule has 2 aromatic carbocycles. The van der Waals surface area contributed by atoms with Crippen molar-refractivity contribution < 1.29 is 9.16 Å². The molecule has 3 rings (SSSR count). The lowest BCUT2D eigenvalue weighted by molar-refractivity contribution is -0.0742. The Morgan fingerprint density at radius 1 is 0.966 bits per heavy atom. The van der Waals surface area contributed by atoms with E-state index in [0.29, 0.717) is 18.1 Å². The van der Waals surface area contributed by atoms with Gasteiger partial charge in [0.05, 0.1) is 12.2 Å². The highest BCUT2D eigenvalue weighted by Gasteiger charge is 2.50. The van der Waals surface area contributed by atoms with Crippen LogP contribution in [0.2, 0.25) is 5.04 Å². The Hall–Kier alpha value is -0.693. The minimum atomic E-state index is -2.44. The lowest BCUT2D eigenvalue weighted by Gasteiger charge is -2.43. The van der Waals surface area contributed by atoms with Crippen molar-refractivity contribution in [3.8, 4) is 0 Å². The number of hydrogen-bond donors (Lipinski definition) is 0. The standard InChI is InChI=1S/C25H35IO2Si/c1-20-15-16-21(19-26)28-24(20)17-18-27-29(25(2,3)4,22-11-7-5-8-12-22)23-13-9-6-10-14-23/h5-14,20-21,24H,15-19H2,1-4H3/t20-,21+,24-/m1/s1. The highest BCUT2D eigenvalue weighted by molar-refractivity contribution is 14.1. The quantitative estimate of drug-likeness (QED) is 0.269. The number of hydrogen-bond acceptors (Lipinski definition) is 2. The molecule has 0 aliphatic carbocycles. The maximum absolute atomic E-state index is 7.04. The third kappa shape index (κ3) is 5.14. The monoisotopic (exact) mass is 522 g/mol. The molecule has 0 aromatic heterocycles. The van der Waals surface area contributed by atoms with E-state index < -0.39 is 8.32 Å². The molecule has 29 heavy (non-hydrogen) atoms. The second kappa shape index (κ2) is 10.1. The van der Waals surface area contributed by atoms with Crippen LogP contribution < -0.4 is 10.4 Å². The van der Waals surface area contributed by atoms with Crippen molar-refractivity contribution in [2.45, 2.75) is 64.2 Å². The van der Waals surface area contributed by atoms with Crippen LogP contribution >= 0.6 is 22.6 Å². The van der Waals surface area contributed by atoms with Gasteiger partial charge in [-0.1, -0.05) is 111 Å². The summed E-state index contributed by atoms with van der Waals surface area (Å²) >= 11 is 2.45. The first-order chi connectivity index (χ1) is 13.9. The Balaban J connectivity index is 1.88. The SMILES string of the molecule is C[C@@H]1CC[C@@H](CI)O[C@@H]1CCO[Si](c1ccccc1)(c1ccccc1)C(C)(C)C. The molecule has 158 valence electrons. The van der Waals surface area contributed by atoms with E-state index in [2.05, 4.69) is 111 Å². The summed E-state index contributed by atoms with van der Waals surface area (Å²) in [6, 6.07) is 21.8. The van der Waals surface area contributed by atoms with E-state index in [1.54, 1.807) is 0 Å². The van der Waals surface area contributed by atoms with Crippen LogP contribution in [0.5, 0.6) is 0 Å². The summed E-state index contributed by atoms with van der Waals surface area (Å²) in [5.41, 5.74) is 0. The number of rotatable bonds is 7. The molecule has 1 fully saturated rings. The second-order valence-corrected chi connectivity index (χ2v) is 14.5. The average Bonchev–Trinajstić information content (AvgIpc) is 2.73. The normalized spacial score (nSPS) is 23.1. The average molecular weight is 523 g/mol. The maximum atomic E-state index is 7.04. The molecule has 1 aliphatic heterocycles. The molecule has 3 atom stereocenters. The van der Waals surface area contributed by atoms with Gasteiger partial charge in [0.1, 0.15) is 0 Å². The molecule has 0 unspecified atom stereocenters. The summed E-state index contributed by atoms with van der Waals surface area (Å²) < 4.78 is 14.5. The Morgan fingerprint density at radius 2 is 1.52 bits per heavy atom. The highest BCUT2D eigenvalue weighted by Crippen LogP contribution is 2.37. The molecule has 2 nitrogen and oxygen atoms in total. The molecule has 2 aromatic rings. The molecule has 0 radical (unpaired) electrons. The van der Waals surface area contributed by atoms with E-state index in [1.165, 1.54) is 23.2 Å². The molecule has 1 heterocycles. The summed E-state index contributed by atoms with van der Waals surface area (Å²) in [4.78, 5) is 0. The maximum Gasteiger partial charge on any atom is 0.261 e. The van der Waals surface area contributed by atoms with Gasteiger partial charge in [-0.05, 0) is 40.6 Å². The van der Waals surface area contributed by atoms with Gasteiger partial charge in [0.2, 0.25) is 0 Å². The molecule has 0 saturated carbocycles. The molecule has 1 saturated heterocycles. The van der Waals surface area contributed by atoms with Gasteiger partial charge in [0, 0.05) is 11.0 Å². The van der Waals surface area contributed by atoms with E-state index in [0.717, 1.165) is 17.5 Å². The Bertz CT molecular complexity index is 705. The summed E-state index contributed by atoms with van der Waals surface area (Å²) in [5.74, 6) is 0.608. The van der Waals surface area contributed by atoms with Crippen molar-refractivity contribution in [1.29, 1.82) is 0 Å². The number of benzene rings is 2. The van der Waals surface area contributed by atoms with Crippen LogP contribution in [-0.4, -0.2) is 31.6 Å². The topological polar surface area (TPSA) is 18.5 Å². The third-order valence-electron chi connectivity index (χ3n) is 6.26. The fourth-order valence-electron chi connectivity index (χ4n) is 4.64. The van der Waals surface area contributed by atoms with Gasteiger partial charge in [-0.25, -0.2) is 0 Å². The number of ether oxygens (including phenoxy) is 1. The highest BCUT2D eigenvalue weighted by atomic mass is 127. The van der Waals surface area contributed by atoms with Crippen molar-refractivity contribution in [3.05, 3.63) is 60.7 Å². The molecule has 0 bridgehead atoms. The predicted molar refractivity (Wildman–Crippen MR) is 134 cm³/mol. The number of alkyl halides is 1. The Labute approximate surface area is 191 Å². The van der Waals surface area contributed by atoms with Gasteiger partial charge in [-0.15, -0.1) is 0 Å². The van der Waals surface area contributed by atoms with Gasteiger partial charge in [0.15, 0.2) is 0 Å². The summed E-state index contributed by atoms with van der Waals surface area (Å²) in [6.07, 6.45) is 4.14. The predicted octanol–water partition coefficient (Wildman–Crippen LogP) is 5.57. The van der Waals surface area contributed by atoms with Crippen LogP contribution in [0.1, 0.15) is 47.0 Å². The second-order valence-electron chi connectivity index (χ2n) is 9.31. The van der Waals surface area contributed by atoms with Crippen LogP contribution in [0.25, 0.3) is 0 Å². The van der Waals surface area contributed by atoms with E-state index >= 15 is 0 Å².